The molecule has 0 spiro atoms. The average molecular weight is 319 g/mol. The van der Waals surface area contributed by atoms with E-state index < -0.39 is 0 Å². The summed E-state index contributed by atoms with van der Waals surface area (Å²) in [7, 11) is 0. The van der Waals surface area contributed by atoms with E-state index in [-0.39, 0.29) is 5.75 Å². The Kier molecular flexibility index (Phi) is 3.38. The average Bonchev–Trinajstić information content (AvgIpc) is 2.23. The molecule has 5 heteroatoms. The SMILES string of the molecule is Oc1c(Br)cccc1-c1ncc(Cl)cc1Cl. The highest BCUT2D eigenvalue weighted by Gasteiger charge is 2.12. The van der Waals surface area contributed by atoms with Gasteiger partial charge in [0.05, 0.1) is 20.2 Å². The Morgan fingerprint density at radius 1 is 1.25 bits per heavy atom. The summed E-state index contributed by atoms with van der Waals surface area (Å²) in [4.78, 5) is 4.11. The second-order valence-corrected chi connectivity index (χ2v) is 4.82. The first-order valence-electron chi connectivity index (χ1n) is 4.38. The highest BCUT2D eigenvalue weighted by molar-refractivity contribution is 9.10. The molecule has 2 rings (SSSR count). The van der Waals surface area contributed by atoms with E-state index in [9.17, 15) is 5.11 Å². The first-order chi connectivity index (χ1) is 7.59. The minimum atomic E-state index is 0.110. The number of hydrogen-bond donors (Lipinski definition) is 1. The van der Waals surface area contributed by atoms with Crippen LogP contribution in [0, 0.1) is 0 Å². The molecule has 0 saturated carbocycles. The van der Waals surface area contributed by atoms with Gasteiger partial charge in [-0.05, 0) is 34.1 Å². The molecule has 1 N–H and O–H groups in total. The molecule has 2 nitrogen and oxygen atoms in total. The van der Waals surface area contributed by atoms with Crippen LogP contribution in [-0.2, 0) is 0 Å². The van der Waals surface area contributed by atoms with Gasteiger partial charge in [0.25, 0.3) is 0 Å². The minimum Gasteiger partial charge on any atom is -0.506 e. The lowest BCUT2D eigenvalue weighted by Crippen LogP contribution is -1.86. The molecule has 0 aliphatic carbocycles. The van der Waals surface area contributed by atoms with Gasteiger partial charge in [0.1, 0.15) is 5.75 Å². The van der Waals surface area contributed by atoms with Crippen LogP contribution >= 0.6 is 39.1 Å². The molecule has 16 heavy (non-hydrogen) atoms. The van der Waals surface area contributed by atoms with E-state index in [2.05, 4.69) is 20.9 Å². The molecular formula is C11H6BrCl2NO. The number of benzene rings is 1. The molecule has 82 valence electrons. The highest BCUT2D eigenvalue weighted by atomic mass is 79.9. The van der Waals surface area contributed by atoms with Crippen LogP contribution in [0.4, 0.5) is 0 Å². The summed E-state index contributed by atoms with van der Waals surface area (Å²) in [6, 6.07) is 6.86. The summed E-state index contributed by atoms with van der Waals surface area (Å²) in [6.45, 7) is 0. The Morgan fingerprint density at radius 2 is 2.00 bits per heavy atom. The lowest BCUT2D eigenvalue weighted by atomic mass is 10.1. The molecule has 1 aromatic heterocycles. The summed E-state index contributed by atoms with van der Waals surface area (Å²) >= 11 is 15.0. The van der Waals surface area contributed by atoms with E-state index in [4.69, 9.17) is 23.2 Å². The van der Waals surface area contributed by atoms with Crippen LogP contribution in [-0.4, -0.2) is 10.1 Å². The van der Waals surface area contributed by atoms with Gasteiger partial charge in [-0.15, -0.1) is 0 Å². The number of nitrogens with zero attached hydrogens (tertiary/aromatic N) is 1. The Hall–Kier alpha value is -0.770. The number of phenolic OH excluding ortho intramolecular Hbond substituents is 1. The first-order valence-corrected chi connectivity index (χ1v) is 5.93. The molecule has 0 bridgehead atoms. The number of phenols is 1. The van der Waals surface area contributed by atoms with Gasteiger partial charge in [-0.3, -0.25) is 4.98 Å². The second kappa shape index (κ2) is 4.62. The van der Waals surface area contributed by atoms with E-state index in [1.165, 1.54) is 6.20 Å². The fourth-order valence-corrected chi connectivity index (χ4v) is 2.17. The number of para-hydroxylation sites is 1. The largest absolute Gasteiger partial charge is 0.506 e. The topological polar surface area (TPSA) is 33.1 Å². The predicted molar refractivity (Wildman–Crippen MR) is 69.1 cm³/mol. The van der Waals surface area contributed by atoms with Crippen molar-refractivity contribution in [2.45, 2.75) is 0 Å². The third-order valence-electron chi connectivity index (χ3n) is 2.05. The Bertz CT molecular complexity index is 546. The normalized spacial score (nSPS) is 10.4. The van der Waals surface area contributed by atoms with Crippen LogP contribution in [0.2, 0.25) is 10.0 Å². The molecule has 1 aromatic carbocycles. The Balaban J connectivity index is 2.63. The van der Waals surface area contributed by atoms with Crippen molar-refractivity contribution in [3.05, 3.63) is 45.0 Å². The molecule has 2 aromatic rings. The van der Waals surface area contributed by atoms with Crippen molar-refractivity contribution in [1.82, 2.24) is 4.98 Å². The zero-order valence-electron chi connectivity index (χ0n) is 7.92. The zero-order valence-corrected chi connectivity index (χ0v) is 11.0. The third kappa shape index (κ3) is 2.17. The van der Waals surface area contributed by atoms with Crippen LogP contribution in [0.25, 0.3) is 11.3 Å². The summed E-state index contributed by atoms with van der Waals surface area (Å²) in [6.07, 6.45) is 1.49. The van der Waals surface area contributed by atoms with Crippen molar-refractivity contribution in [2.75, 3.05) is 0 Å². The first kappa shape index (κ1) is 11.7. The number of aromatic nitrogens is 1. The van der Waals surface area contributed by atoms with Crippen molar-refractivity contribution < 1.29 is 5.11 Å². The van der Waals surface area contributed by atoms with E-state index in [0.717, 1.165) is 0 Å². The van der Waals surface area contributed by atoms with Gasteiger partial charge in [0, 0.05) is 11.8 Å². The Labute approximate surface area is 111 Å². The zero-order chi connectivity index (χ0) is 11.7. The maximum Gasteiger partial charge on any atom is 0.139 e. The Morgan fingerprint density at radius 3 is 2.69 bits per heavy atom. The third-order valence-corrected chi connectivity index (χ3v) is 3.18. The van der Waals surface area contributed by atoms with Gasteiger partial charge in [0.2, 0.25) is 0 Å². The standard InChI is InChI=1S/C11H6BrCl2NO/c12-8-3-1-2-7(11(8)16)10-9(14)4-6(13)5-15-10/h1-5,16H. The minimum absolute atomic E-state index is 0.110. The molecule has 0 saturated heterocycles. The number of halogens is 3. The maximum absolute atomic E-state index is 9.87. The van der Waals surface area contributed by atoms with Crippen LogP contribution in [0.5, 0.6) is 5.75 Å². The summed E-state index contributed by atoms with van der Waals surface area (Å²) in [5.41, 5.74) is 1.07. The molecule has 0 fully saturated rings. The lowest BCUT2D eigenvalue weighted by molar-refractivity contribution is 0.474. The van der Waals surface area contributed by atoms with Crippen molar-refractivity contribution in [3.8, 4) is 17.0 Å². The molecule has 0 radical (unpaired) electrons. The lowest BCUT2D eigenvalue weighted by Gasteiger charge is -2.07. The summed E-state index contributed by atoms with van der Waals surface area (Å²) in [5, 5.41) is 10.7. The van der Waals surface area contributed by atoms with Gasteiger partial charge >= 0.3 is 0 Å². The van der Waals surface area contributed by atoms with Crippen LogP contribution in [0.3, 0.4) is 0 Å². The van der Waals surface area contributed by atoms with Crippen LogP contribution in [0.1, 0.15) is 0 Å². The molecule has 0 amide bonds. The molecule has 1 heterocycles. The fraction of sp³-hybridized carbons (Fsp3) is 0. The van der Waals surface area contributed by atoms with Gasteiger partial charge in [-0.1, -0.05) is 29.3 Å². The fourth-order valence-electron chi connectivity index (χ4n) is 1.32. The number of aromatic hydroxyl groups is 1. The van der Waals surface area contributed by atoms with E-state index >= 15 is 0 Å². The van der Waals surface area contributed by atoms with Gasteiger partial charge in [-0.2, -0.15) is 0 Å². The quantitative estimate of drug-likeness (QED) is 0.838. The van der Waals surface area contributed by atoms with Gasteiger partial charge < -0.3 is 5.11 Å². The van der Waals surface area contributed by atoms with Crippen LogP contribution < -0.4 is 0 Å². The van der Waals surface area contributed by atoms with Crippen molar-refractivity contribution >= 4 is 39.1 Å². The molecule has 0 atom stereocenters. The van der Waals surface area contributed by atoms with E-state index in [1.54, 1.807) is 24.3 Å². The number of rotatable bonds is 1. The predicted octanol–water partition coefficient (Wildman–Crippen LogP) is 4.52. The van der Waals surface area contributed by atoms with Crippen LogP contribution in [0.15, 0.2) is 34.9 Å². The van der Waals surface area contributed by atoms with Crippen molar-refractivity contribution in [1.29, 1.82) is 0 Å². The number of hydrogen-bond acceptors (Lipinski definition) is 2. The molecule has 0 unspecified atom stereocenters. The maximum atomic E-state index is 9.87. The van der Waals surface area contributed by atoms with Gasteiger partial charge in [0.15, 0.2) is 0 Å². The summed E-state index contributed by atoms with van der Waals surface area (Å²) in [5.74, 6) is 0.110. The second-order valence-electron chi connectivity index (χ2n) is 3.12. The smallest absolute Gasteiger partial charge is 0.139 e. The monoisotopic (exact) mass is 317 g/mol. The highest BCUT2D eigenvalue weighted by Crippen LogP contribution is 2.37. The van der Waals surface area contributed by atoms with E-state index in [0.29, 0.717) is 25.8 Å². The molecule has 0 aliphatic rings. The van der Waals surface area contributed by atoms with E-state index in [1.807, 2.05) is 0 Å². The van der Waals surface area contributed by atoms with Gasteiger partial charge in [-0.25, -0.2) is 0 Å². The molecule has 0 aliphatic heterocycles. The van der Waals surface area contributed by atoms with Crippen molar-refractivity contribution in [3.63, 3.8) is 0 Å². The van der Waals surface area contributed by atoms with Crippen molar-refractivity contribution in [2.24, 2.45) is 0 Å². The summed E-state index contributed by atoms with van der Waals surface area (Å²) < 4.78 is 0.595. The molecular weight excluding hydrogens is 313 g/mol. The number of pyridine rings is 1.